The predicted molar refractivity (Wildman–Crippen MR) is 129 cm³/mol. The van der Waals surface area contributed by atoms with Gasteiger partial charge in [0.15, 0.2) is 0 Å². The number of hydrogen-bond acceptors (Lipinski definition) is 7. The lowest BCUT2D eigenvalue weighted by Gasteiger charge is -2.28. The number of rotatable bonds is 7. The zero-order valence-corrected chi connectivity index (χ0v) is 19.6. The Hall–Kier alpha value is -3.70. The molecule has 1 fully saturated rings. The van der Waals surface area contributed by atoms with Crippen LogP contribution >= 0.6 is 0 Å². The quantitative estimate of drug-likeness (QED) is 0.506. The molecule has 1 aliphatic heterocycles. The van der Waals surface area contributed by atoms with Gasteiger partial charge in [0, 0.05) is 43.1 Å². The Labute approximate surface area is 206 Å². The van der Waals surface area contributed by atoms with Crippen LogP contribution in [0.25, 0.3) is 11.1 Å². The van der Waals surface area contributed by atoms with Crippen LogP contribution in [0.2, 0.25) is 0 Å². The Kier molecular flexibility index (Phi) is 7.70. The van der Waals surface area contributed by atoms with Gasteiger partial charge in [-0.2, -0.15) is 18.2 Å². The Morgan fingerprint density at radius 3 is 2.67 bits per heavy atom. The van der Waals surface area contributed by atoms with E-state index in [1.165, 1.54) is 6.07 Å². The molecular weight excluding hydrogens is 475 g/mol. The molecule has 0 unspecified atom stereocenters. The Balaban J connectivity index is 1.64. The number of hydrogen-bond donors (Lipinski definition) is 2. The number of aromatic nitrogens is 2. The summed E-state index contributed by atoms with van der Waals surface area (Å²) < 4.78 is 50.1. The van der Waals surface area contributed by atoms with Gasteiger partial charge in [0.25, 0.3) is 5.91 Å². The molecule has 11 heteroatoms. The molecule has 1 saturated heterocycles. The first-order valence-electron chi connectivity index (χ1n) is 11.4. The summed E-state index contributed by atoms with van der Waals surface area (Å²) in [5, 5.41) is 2.68. The molecule has 8 nitrogen and oxygen atoms in total. The third kappa shape index (κ3) is 6.10. The average Bonchev–Trinajstić information content (AvgIpc) is 2.88. The van der Waals surface area contributed by atoms with E-state index in [1.54, 1.807) is 18.2 Å². The number of alkyl halides is 3. The fraction of sp³-hybridized carbons (Fsp3) is 0.320. The summed E-state index contributed by atoms with van der Waals surface area (Å²) in [5.41, 5.74) is 7.31. The van der Waals surface area contributed by atoms with Gasteiger partial charge in [0.1, 0.15) is 18.1 Å². The van der Waals surface area contributed by atoms with Crippen molar-refractivity contribution in [1.82, 2.24) is 9.97 Å². The highest BCUT2D eigenvalue weighted by molar-refractivity contribution is 6.04. The average molecular weight is 502 g/mol. The van der Waals surface area contributed by atoms with Crippen LogP contribution in [0.5, 0.6) is 5.88 Å². The molecule has 0 aliphatic carbocycles. The van der Waals surface area contributed by atoms with Crippen LogP contribution in [0.15, 0.2) is 48.7 Å². The normalized spacial score (nSPS) is 14.0. The van der Waals surface area contributed by atoms with Crippen molar-refractivity contribution in [1.29, 1.82) is 0 Å². The Morgan fingerprint density at radius 1 is 1.17 bits per heavy atom. The number of nitrogens with two attached hydrogens (primary N) is 1. The topological polar surface area (TPSA) is 103 Å². The minimum Gasteiger partial charge on any atom is -0.476 e. The third-order valence-electron chi connectivity index (χ3n) is 5.61. The summed E-state index contributed by atoms with van der Waals surface area (Å²) in [5.74, 6) is 0.478. The fourth-order valence-electron chi connectivity index (χ4n) is 3.78. The van der Waals surface area contributed by atoms with Gasteiger partial charge < -0.3 is 25.4 Å². The van der Waals surface area contributed by atoms with E-state index in [4.69, 9.17) is 15.2 Å². The van der Waals surface area contributed by atoms with Gasteiger partial charge in [0.05, 0.1) is 13.2 Å². The van der Waals surface area contributed by atoms with Crippen molar-refractivity contribution in [2.24, 2.45) is 5.73 Å². The molecule has 1 amide bonds. The van der Waals surface area contributed by atoms with Gasteiger partial charge in [-0.15, -0.1) is 0 Å². The van der Waals surface area contributed by atoms with E-state index in [-0.39, 0.29) is 5.56 Å². The summed E-state index contributed by atoms with van der Waals surface area (Å²) in [7, 11) is 0. The monoisotopic (exact) mass is 501 g/mol. The lowest BCUT2D eigenvalue weighted by molar-refractivity contribution is -0.141. The molecule has 2 aromatic heterocycles. The lowest BCUT2D eigenvalue weighted by Crippen LogP contribution is -2.36. The highest BCUT2D eigenvalue weighted by Gasteiger charge is 2.33. The van der Waals surface area contributed by atoms with E-state index in [0.29, 0.717) is 51.0 Å². The first-order valence-corrected chi connectivity index (χ1v) is 11.4. The molecule has 0 radical (unpaired) electrons. The maximum absolute atomic E-state index is 13.0. The lowest BCUT2D eigenvalue weighted by atomic mass is 10.00. The SMILES string of the molecule is Cc1ccc(NC(=O)c2ccnc(C(F)(F)F)c2)cc1-c1cc(OCCN)nc(N2CCOCC2)c1. The molecule has 3 heterocycles. The molecule has 36 heavy (non-hydrogen) atoms. The number of benzene rings is 1. The number of pyridine rings is 2. The molecule has 0 spiro atoms. The number of carbonyl (C=O) groups excluding carboxylic acids is 1. The van der Waals surface area contributed by atoms with Gasteiger partial charge in [0.2, 0.25) is 5.88 Å². The van der Waals surface area contributed by atoms with Crippen LogP contribution in [0.4, 0.5) is 24.7 Å². The number of nitrogens with zero attached hydrogens (tertiary/aromatic N) is 3. The van der Waals surface area contributed by atoms with Crippen molar-refractivity contribution in [3.8, 4) is 17.0 Å². The van der Waals surface area contributed by atoms with Crippen molar-refractivity contribution in [3.63, 3.8) is 0 Å². The number of carbonyl (C=O) groups is 1. The van der Waals surface area contributed by atoms with Crippen LogP contribution in [0, 0.1) is 6.92 Å². The van der Waals surface area contributed by atoms with Crippen molar-refractivity contribution < 1.29 is 27.4 Å². The predicted octanol–water partition coefficient (Wildman–Crippen LogP) is 3.90. The molecular formula is C25H26F3N5O3. The minimum absolute atomic E-state index is 0.143. The molecule has 0 saturated carbocycles. The van der Waals surface area contributed by atoms with Gasteiger partial charge in [-0.05, 0) is 53.9 Å². The Morgan fingerprint density at radius 2 is 1.94 bits per heavy atom. The summed E-state index contributed by atoms with van der Waals surface area (Å²) in [4.78, 5) is 22.7. The van der Waals surface area contributed by atoms with Crippen LogP contribution in [-0.2, 0) is 10.9 Å². The van der Waals surface area contributed by atoms with Crippen LogP contribution < -0.4 is 20.7 Å². The number of halogens is 3. The number of morpholine rings is 1. The van der Waals surface area contributed by atoms with E-state index in [2.05, 4.69) is 20.2 Å². The van der Waals surface area contributed by atoms with E-state index < -0.39 is 17.8 Å². The Bertz CT molecular complexity index is 1230. The second-order valence-corrected chi connectivity index (χ2v) is 8.20. The van der Waals surface area contributed by atoms with Crippen LogP contribution in [-0.4, -0.2) is 55.3 Å². The number of amides is 1. The zero-order chi connectivity index (χ0) is 25.7. The molecule has 0 atom stereocenters. The fourth-order valence-corrected chi connectivity index (χ4v) is 3.78. The van der Waals surface area contributed by atoms with Gasteiger partial charge in [-0.1, -0.05) is 6.07 Å². The molecule has 1 aromatic carbocycles. The molecule has 4 rings (SSSR count). The molecule has 0 bridgehead atoms. The van der Waals surface area contributed by atoms with Crippen LogP contribution in [0.1, 0.15) is 21.6 Å². The maximum Gasteiger partial charge on any atom is 0.433 e. The highest BCUT2D eigenvalue weighted by atomic mass is 19.4. The molecule has 190 valence electrons. The summed E-state index contributed by atoms with van der Waals surface area (Å²) in [6.45, 7) is 5.13. The van der Waals surface area contributed by atoms with Crippen LogP contribution in [0.3, 0.4) is 0 Å². The van der Waals surface area contributed by atoms with E-state index >= 15 is 0 Å². The van der Waals surface area contributed by atoms with Crippen molar-refractivity contribution in [2.45, 2.75) is 13.1 Å². The largest absolute Gasteiger partial charge is 0.476 e. The van der Waals surface area contributed by atoms with Gasteiger partial charge in [-0.25, -0.2) is 0 Å². The molecule has 3 N–H and O–H groups in total. The van der Waals surface area contributed by atoms with Crippen molar-refractivity contribution in [2.75, 3.05) is 49.7 Å². The summed E-state index contributed by atoms with van der Waals surface area (Å²) in [6.07, 6.45) is -3.68. The van der Waals surface area contributed by atoms with Gasteiger partial charge in [-0.3, -0.25) is 9.78 Å². The summed E-state index contributed by atoms with van der Waals surface area (Å²) in [6, 6.07) is 11.0. The first kappa shape index (κ1) is 25.4. The maximum atomic E-state index is 13.0. The number of anilines is 2. The number of ether oxygens (including phenoxy) is 2. The zero-order valence-electron chi connectivity index (χ0n) is 19.6. The molecule has 1 aliphatic rings. The first-order chi connectivity index (χ1) is 17.2. The van der Waals surface area contributed by atoms with Crippen molar-refractivity contribution >= 4 is 17.4 Å². The van der Waals surface area contributed by atoms with Gasteiger partial charge >= 0.3 is 6.18 Å². The van der Waals surface area contributed by atoms with Crippen molar-refractivity contribution in [3.05, 3.63) is 65.5 Å². The number of nitrogens with one attached hydrogen (secondary N) is 1. The third-order valence-corrected chi connectivity index (χ3v) is 5.61. The summed E-state index contributed by atoms with van der Waals surface area (Å²) >= 11 is 0. The second-order valence-electron chi connectivity index (χ2n) is 8.20. The van der Waals surface area contributed by atoms with E-state index in [9.17, 15) is 18.0 Å². The molecule has 3 aromatic rings. The standard InChI is InChI=1S/C25H26F3N5O3/c1-16-2-3-19(31-24(34)17-4-6-30-21(12-17)25(26,27)28)15-20(16)18-13-22(33-7-10-35-11-8-33)32-23(14-18)36-9-5-29/h2-4,6,12-15H,5,7-11,29H2,1H3,(H,31,34). The minimum atomic E-state index is -4.64. The van der Waals surface area contributed by atoms with E-state index in [0.717, 1.165) is 34.8 Å². The number of aryl methyl sites for hydroxylation is 1. The smallest absolute Gasteiger partial charge is 0.433 e. The van der Waals surface area contributed by atoms with E-state index in [1.807, 2.05) is 19.1 Å². The highest BCUT2D eigenvalue weighted by Crippen LogP contribution is 2.32. The second kappa shape index (κ2) is 10.9.